The molecule has 1 amide bonds. The molecule has 1 fully saturated rings. The largest absolute Gasteiger partial charge is 0.339 e. The molecule has 2 aliphatic heterocycles. The maximum atomic E-state index is 12.9. The molecule has 0 radical (unpaired) electrons. The van der Waals surface area contributed by atoms with Crippen molar-refractivity contribution < 1.29 is 4.79 Å². The van der Waals surface area contributed by atoms with Crippen molar-refractivity contribution in [2.45, 2.75) is 52.6 Å². The highest BCUT2D eigenvalue weighted by atomic mass is 16.2. The highest BCUT2D eigenvalue weighted by Crippen LogP contribution is 2.40. The van der Waals surface area contributed by atoms with Crippen molar-refractivity contribution in [2.24, 2.45) is 5.41 Å². The van der Waals surface area contributed by atoms with E-state index in [0.29, 0.717) is 31.9 Å². The topological polar surface area (TPSA) is 77.2 Å². The van der Waals surface area contributed by atoms with Crippen molar-refractivity contribution >= 4 is 5.91 Å². The van der Waals surface area contributed by atoms with E-state index in [4.69, 9.17) is 0 Å². The fraction of sp³-hybridized carbons (Fsp3) is 0.524. The molecular formula is C21H26N4O3. The van der Waals surface area contributed by atoms with Crippen molar-refractivity contribution in [3.05, 3.63) is 61.9 Å². The van der Waals surface area contributed by atoms with E-state index in [9.17, 15) is 14.4 Å². The van der Waals surface area contributed by atoms with E-state index in [2.05, 4.69) is 5.10 Å². The quantitative estimate of drug-likeness (QED) is 0.742. The van der Waals surface area contributed by atoms with Gasteiger partial charge in [-0.3, -0.25) is 19.0 Å². The van der Waals surface area contributed by atoms with Crippen molar-refractivity contribution in [1.82, 2.24) is 19.2 Å². The molecule has 1 aromatic carbocycles. The minimum atomic E-state index is -0.553. The number of nitrogens with zero attached hydrogens (tertiary/aromatic N) is 4. The summed E-state index contributed by atoms with van der Waals surface area (Å²) in [6.07, 6.45) is 2.30. The number of aromatic nitrogens is 3. The summed E-state index contributed by atoms with van der Waals surface area (Å²) in [5.74, 6) is 0.759. The Morgan fingerprint density at radius 2 is 1.79 bits per heavy atom. The Morgan fingerprint density at radius 3 is 2.43 bits per heavy atom. The molecule has 0 unspecified atom stereocenters. The third kappa shape index (κ3) is 2.99. The van der Waals surface area contributed by atoms with Crippen LogP contribution in [0.3, 0.4) is 0 Å². The number of rotatable bonds is 2. The van der Waals surface area contributed by atoms with Gasteiger partial charge in [-0.25, -0.2) is 4.68 Å². The third-order valence-corrected chi connectivity index (χ3v) is 6.17. The molecule has 7 heteroatoms. The monoisotopic (exact) mass is 382 g/mol. The minimum absolute atomic E-state index is 0.0678. The first-order chi connectivity index (χ1) is 13.3. The van der Waals surface area contributed by atoms with Crippen LogP contribution >= 0.6 is 0 Å². The van der Waals surface area contributed by atoms with E-state index >= 15 is 0 Å². The Morgan fingerprint density at radius 1 is 1.11 bits per heavy atom. The van der Waals surface area contributed by atoms with Gasteiger partial charge in [0.05, 0.1) is 6.04 Å². The number of carbonyl (C=O) groups is 1. The molecule has 1 spiro atoms. The molecule has 1 saturated heterocycles. The summed E-state index contributed by atoms with van der Waals surface area (Å²) in [7, 11) is 0. The summed E-state index contributed by atoms with van der Waals surface area (Å²) < 4.78 is 2.85. The lowest BCUT2D eigenvalue weighted by Gasteiger charge is -2.38. The second kappa shape index (κ2) is 6.72. The molecule has 0 bridgehead atoms. The van der Waals surface area contributed by atoms with E-state index in [1.54, 1.807) is 4.57 Å². The van der Waals surface area contributed by atoms with E-state index < -0.39 is 11.1 Å². The van der Waals surface area contributed by atoms with Crippen molar-refractivity contribution in [2.75, 3.05) is 13.1 Å². The molecule has 3 heterocycles. The number of hydrogen-bond donors (Lipinski definition) is 0. The van der Waals surface area contributed by atoms with Crippen LogP contribution in [0.4, 0.5) is 0 Å². The predicted octanol–water partition coefficient (Wildman–Crippen LogP) is 1.77. The van der Waals surface area contributed by atoms with E-state index in [-0.39, 0.29) is 17.4 Å². The van der Waals surface area contributed by atoms with Gasteiger partial charge in [-0.15, -0.1) is 0 Å². The van der Waals surface area contributed by atoms with Gasteiger partial charge in [-0.05, 0) is 50.7 Å². The maximum absolute atomic E-state index is 12.9. The molecule has 4 rings (SSSR count). The lowest BCUT2D eigenvalue weighted by Crippen LogP contribution is -2.45. The summed E-state index contributed by atoms with van der Waals surface area (Å²) in [6, 6.07) is 7.51. The van der Waals surface area contributed by atoms with Crippen LogP contribution in [0.5, 0.6) is 0 Å². The Bertz CT molecular complexity index is 1040. The Hall–Kier alpha value is -2.70. The molecule has 28 heavy (non-hydrogen) atoms. The highest BCUT2D eigenvalue weighted by molar-refractivity contribution is 5.95. The fourth-order valence-electron chi connectivity index (χ4n) is 4.43. The van der Waals surface area contributed by atoms with Gasteiger partial charge in [0.2, 0.25) is 0 Å². The van der Waals surface area contributed by atoms with Gasteiger partial charge < -0.3 is 4.90 Å². The van der Waals surface area contributed by atoms with E-state index in [1.165, 1.54) is 4.68 Å². The van der Waals surface area contributed by atoms with Gasteiger partial charge in [0, 0.05) is 31.6 Å². The van der Waals surface area contributed by atoms with Crippen molar-refractivity contribution in [3.63, 3.8) is 0 Å². The number of hydrogen-bond acceptors (Lipinski definition) is 4. The summed E-state index contributed by atoms with van der Waals surface area (Å²) in [5.41, 5.74) is 0.611. The molecule has 1 aromatic heterocycles. The first kappa shape index (κ1) is 18.7. The number of piperidine rings is 1. The smallest absolute Gasteiger partial charge is 0.332 e. The minimum Gasteiger partial charge on any atom is -0.339 e. The van der Waals surface area contributed by atoms with Gasteiger partial charge in [0.25, 0.3) is 5.91 Å². The highest BCUT2D eigenvalue weighted by Gasteiger charge is 2.43. The zero-order valence-corrected chi connectivity index (χ0v) is 16.6. The van der Waals surface area contributed by atoms with Crippen LogP contribution in [-0.4, -0.2) is 38.2 Å². The SMILES string of the molecule is Cc1ccccc1C(=O)N1CCC2(CC1)Cc1nn(C(C)C)c(=O)c(=O)n1C2. The first-order valence-corrected chi connectivity index (χ1v) is 9.89. The van der Waals surface area contributed by atoms with Crippen LogP contribution in [0.2, 0.25) is 0 Å². The van der Waals surface area contributed by atoms with Crippen LogP contribution < -0.4 is 11.1 Å². The third-order valence-electron chi connectivity index (χ3n) is 6.17. The molecule has 2 aromatic rings. The maximum Gasteiger partial charge on any atom is 0.332 e. The number of carbonyl (C=O) groups excluding carboxylic acids is 1. The zero-order chi connectivity index (χ0) is 20.1. The molecule has 7 nitrogen and oxygen atoms in total. The molecular weight excluding hydrogens is 356 g/mol. The Labute approximate surface area is 163 Å². The van der Waals surface area contributed by atoms with Gasteiger partial charge in [0.1, 0.15) is 5.82 Å². The standard InChI is InChI=1S/C21H26N4O3/c1-14(2)25-20(28)19(27)24-13-21(12-17(24)22-25)8-10-23(11-9-21)18(26)16-7-5-4-6-15(16)3/h4-7,14H,8-13H2,1-3H3. The first-order valence-electron chi connectivity index (χ1n) is 9.89. The normalized spacial score (nSPS) is 17.9. The van der Waals surface area contributed by atoms with Crippen LogP contribution in [-0.2, 0) is 13.0 Å². The summed E-state index contributed by atoms with van der Waals surface area (Å²) in [5, 5.41) is 4.46. The molecule has 148 valence electrons. The van der Waals surface area contributed by atoms with E-state index in [0.717, 1.165) is 24.0 Å². The number of amides is 1. The second-order valence-electron chi connectivity index (χ2n) is 8.43. The Balaban J connectivity index is 1.53. The average Bonchev–Trinajstić information content (AvgIpc) is 3.03. The van der Waals surface area contributed by atoms with Crippen LogP contribution in [0.15, 0.2) is 33.9 Å². The lowest BCUT2D eigenvalue weighted by molar-refractivity contribution is 0.0575. The number of likely N-dealkylation sites (tertiary alicyclic amines) is 1. The van der Waals surface area contributed by atoms with Gasteiger partial charge >= 0.3 is 11.1 Å². The second-order valence-corrected chi connectivity index (χ2v) is 8.43. The molecule has 0 aliphatic carbocycles. The molecule has 0 saturated carbocycles. The van der Waals surface area contributed by atoms with Crippen LogP contribution in [0.25, 0.3) is 0 Å². The van der Waals surface area contributed by atoms with Gasteiger partial charge in [-0.1, -0.05) is 18.2 Å². The van der Waals surface area contributed by atoms with Crippen LogP contribution in [0, 0.1) is 12.3 Å². The van der Waals surface area contributed by atoms with E-state index in [1.807, 2.05) is 49.9 Å². The summed E-state index contributed by atoms with van der Waals surface area (Å²) >= 11 is 0. The summed E-state index contributed by atoms with van der Waals surface area (Å²) in [4.78, 5) is 39.6. The van der Waals surface area contributed by atoms with Crippen molar-refractivity contribution in [1.29, 1.82) is 0 Å². The summed E-state index contributed by atoms with van der Waals surface area (Å²) in [6.45, 7) is 7.49. The average molecular weight is 382 g/mol. The van der Waals surface area contributed by atoms with Gasteiger partial charge in [-0.2, -0.15) is 5.10 Å². The number of aryl methyl sites for hydroxylation is 1. The fourth-order valence-corrected chi connectivity index (χ4v) is 4.43. The predicted molar refractivity (Wildman–Crippen MR) is 106 cm³/mol. The molecule has 2 aliphatic rings. The Kier molecular flexibility index (Phi) is 4.48. The van der Waals surface area contributed by atoms with Gasteiger partial charge in [0.15, 0.2) is 0 Å². The van der Waals surface area contributed by atoms with Crippen molar-refractivity contribution in [3.8, 4) is 0 Å². The lowest BCUT2D eigenvalue weighted by atomic mass is 9.77. The number of benzene rings is 1. The number of fused-ring (bicyclic) bond motifs is 1. The molecule has 0 N–H and O–H groups in total. The zero-order valence-electron chi connectivity index (χ0n) is 16.6. The molecule has 0 atom stereocenters. The van der Waals surface area contributed by atoms with Crippen LogP contribution in [0.1, 0.15) is 54.5 Å².